The molecular weight excluding hydrogens is 282 g/mol. The molecule has 0 amide bonds. The monoisotopic (exact) mass is 297 g/mol. The number of hydrogen-bond donors (Lipinski definition) is 1. The van der Waals surface area contributed by atoms with Gasteiger partial charge in [0.05, 0.1) is 18.4 Å². The van der Waals surface area contributed by atoms with Crippen LogP contribution in [-0.2, 0) is 13.6 Å². The zero-order chi connectivity index (χ0) is 14.7. The molecule has 2 aromatic carbocycles. The first kappa shape index (κ1) is 13.7. The maximum atomic E-state index is 5.88. The minimum Gasteiger partial charge on any atom is -0.379 e. The molecule has 0 atom stereocenters. The molecule has 0 spiro atoms. The van der Waals surface area contributed by atoms with Gasteiger partial charge >= 0.3 is 0 Å². The summed E-state index contributed by atoms with van der Waals surface area (Å²) in [7, 11) is 2.04. The molecule has 0 radical (unpaired) electrons. The second kappa shape index (κ2) is 6.02. The molecule has 0 saturated heterocycles. The molecular formula is C17H16ClN3. The van der Waals surface area contributed by atoms with Crippen LogP contribution in [0.3, 0.4) is 0 Å². The molecule has 21 heavy (non-hydrogen) atoms. The molecule has 1 N–H and O–H groups in total. The Bertz CT molecular complexity index is 718. The van der Waals surface area contributed by atoms with E-state index >= 15 is 0 Å². The van der Waals surface area contributed by atoms with Crippen LogP contribution >= 0.6 is 11.6 Å². The van der Waals surface area contributed by atoms with Crippen LogP contribution < -0.4 is 5.32 Å². The Kier molecular flexibility index (Phi) is 3.93. The van der Waals surface area contributed by atoms with Crippen molar-refractivity contribution in [3.8, 4) is 11.4 Å². The lowest BCUT2D eigenvalue weighted by Crippen LogP contribution is -2.05. The summed E-state index contributed by atoms with van der Waals surface area (Å²) in [4.78, 5) is 4.51. The van der Waals surface area contributed by atoms with Gasteiger partial charge in [0.15, 0.2) is 0 Å². The summed E-state index contributed by atoms with van der Waals surface area (Å²) in [5.41, 5.74) is 3.29. The maximum Gasteiger partial charge on any atom is 0.139 e. The van der Waals surface area contributed by atoms with Crippen molar-refractivity contribution >= 4 is 17.3 Å². The Labute approximate surface area is 129 Å². The molecule has 0 saturated carbocycles. The van der Waals surface area contributed by atoms with Crippen LogP contribution in [-0.4, -0.2) is 9.55 Å². The Hall–Kier alpha value is -2.26. The molecule has 3 nitrogen and oxygen atoms in total. The average Bonchev–Trinajstić information content (AvgIpc) is 2.89. The van der Waals surface area contributed by atoms with E-state index < -0.39 is 0 Å². The lowest BCUT2D eigenvalue weighted by atomic mass is 10.2. The van der Waals surface area contributed by atoms with E-state index in [0.29, 0.717) is 0 Å². The van der Waals surface area contributed by atoms with Crippen LogP contribution in [0.4, 0.5) is 5.69 Å². The Morgan fingerprint density at radius 1 is 1.05 bits per heavy atom. The molecule has 1 aromatic heterocycles. The molecule has 4 heteroatoms. The van der Waals surface area contributed by atoms with E-state index in [4.69, 9.17) is 11.6 Å². The molecule has 0 aliphatic heterocycles. The lowest BCUT2D eigenvalue weighted by Gasteiger charge is -2.08. The quantitative estimate of drug-likeness (QED) is 0.776. The third-order valence-corrected chi connectivity index (χ3v) is 3.69. The van der Waals surface area contributed by atoms with Crippen molar-refractivity contribution in [3.63, 3.8) is 0 Å². The van der Waals surface area contributed by atoms with E-state index in [9.17, 15) is 0 Å². The van der Waals surface area contributed by atoms with E-state index in [0.717, 1.165) is 34.3 Å². The van der Waals surface area contributed by atoms with Crippen molar-refractivity contribution in [1.29, 1.82) is 0 Å². The summed E-state index contributed by atoms with van der Waals surface area (Å²) >= 11 is 5.88. The van der Waals surface area contributed by atoms with Gasteiger partial charge in [-0.2, -0.15) is 0 Å². The molecule has 3 aromatic rings. The molecule has 0 aliphatic rings. The molecule has 1 heterocycles. The number of nitrogens with one attached hydrogen (secondary N) is 1. The molecule has 0 aliphatic carbocycles. The standard InChI is InChI=1S/C17H16ClN3/c1-21-16(11-19-15-9-7-14(18)8-10-15)12-20-17(21)13-5-3-2-4-6-13/h2-10,12,19H,11H2,1H3. The maximum absolute atomic E-state index is 5.88. The largest absolute Gasteiger partial charge is 0.379 e. The van der Waals surface area contributed by atoms with Crippen molar-refractivity contribution in [2.24, 2.45) is 7.05 Å². The van der Waals surface area contributed by atoms with Crippen LogP contribution in [0, 0.1) is 0 Å². The summed E-state index contributed by atoms with van der Waals surface area (Å²) in [6.45, 7) is 0.720. The molecule has 0 unspecified atom stereocenters. The van der Waals surface area contributed by atoms with E-state index in [2.05, 4.69) is 27.0 Å². The molecule has 0 bridgehead atoms. The summed E-state index contributed by atoms with van der Waals surface area (Å²) in [5.74, 6) is 0.975. The van der Waals surface area contributed by atoms with Gasteiger partial charge < -0.3 is 9.88 Å². The first-order valence-corrected chi connectivity index (χ1v) is 7.17. The number of anilines is 1. The fourth-order valence-electron chi connectivity index (χ4n) is 2.22. The van der Waals surface area contributed by atoms with Gasteiger partial charge in [0.2, 0.25) is 0 Å². The second-order valence-corrected chi connectivity index (χ2v) is 5.30. The lowest BCUT2D eigenvalue weighted by molar-refractivity contribution is 0.846. The van der Waals surface area contributed by atoms with Crippen LogP contribution in [0.2, 0.25) is 5.02 Å². The smallest absolute Gasteiger partial charge is 0.139 e. The third kappa shape index (κ3) is 3.09. The summed E-state index contributed by atoms with van der Waals surface area (Å²) in [6, 6.07) is 17.9. The van der Waals surface area contributed by atoms with Gasteiger partial charge in [0.25, 0.3) is 0 Å². The Balaban J connectivity index is 1.75. The van der Waals surface area contributed by atoms with Crippen LogP contribution in [0.15, 0.2) is 60.8 Å². The average molecular weight is 298 g/mol. The van der Waals surface area contributed by atoms with Gasteiger partial charge in [-0.05, 0) is 24.3 Å². The van der Waals surface area contributed by atoms with E-state index in [1.54, 1.807) is 0 Å². The zero-order valence-corrected chi connectivity index (χ0v) is 12.5. The Morgan fingerprint density at radius 3 is 2.48 bits per heavy atom. The highest BCUT2D eigenvalue weighted by Crippen LogP contribution is 2.19. The number of imidazole rings is 1. The Morgan fingerprint density at radius 2 is 1.76 bits per heavy atom. The fraction of sp³-hybridized carbons (Fsp3) is 0.118. The number of halogens is 1. The number of benzene rings is 2. The van der Waals surface area contributed by atoms with Gasteiger partial charge in [-0.25, -0.2) is 4.98 Å². The number of rotatable bonds is 4. The summed E-state index contributed by atoms with van der Waals surface area (Å²) in [5, 5.41) is 4.12. The zero-order valence-electron chi connectivity index (χ0n) is 11.8. The van der Waals surface area contributed by atoms with Gasteiger partial charge in [-0.1, -0.05) is 41.9 Å². The first-order valence-electron chi connectivity index (χ1n) is 6.79. The predicted molar refractivity (Wildman–Crippen MR) is 87.4 cm³/mol. The summed E-state index contributed by atoms with van der Waals surface area (Å²) < 4.78 is 2.11. The van der Waals surface area contributed by atoms with E-state index in [1.807, 2.05) is 55.7 Å². The van der Waals surface area contributed by atoms with Crippen molar-refractivity contribution in [2.75, 3.05) is 5.32 Å². The van der Waals surface area contributed by atoms with Crippen molar-refractivity contribution in [3.05, 3.63) is 71.5 Å². The highest BCUT2D eigenvalue weighted by atomic mass is 35.5. The highest BCUT2D eigenvalue weighted by Gasteiger charge is 2.08. The highest BCUT2D eigenvalue weighted by molar-refractivity contribution is 6.30. The van der Waals surface area contributed by atoms with Gasteiger partial charge in [0, 0.05) is 23.3 Å². The third-order valence-electron chi connectivity index (χ3n) is 3.43. The van der Waals surface area contributed by atoms with Gasteiger partial charge in [-0.15, -0.1) is 0 Å². The molecule has 0 fully saturated rings. The normalized spacial score (nSPS) is 10.6. The first-order chi connectivity index (χ1) is 10.2. The van der Waals surface area contributed by atoms with Crippen LogP contribution in [0.5, 0.6) is 0 Å². The summed E-state index contributed by atoms with van der Waals surface area (Å²) in [6.07, 6.45) is 1.91. The van der Waals surface area contributed by atoms with Crippen molar-refractivity contribution in [1.82, 2.24) is 9.55 Å². The number of aromatic nitrogens is 2. The second-order valence-electron chi connectivity index (χ2n) is 4.86. The van der Waals surface area contributed by atoms with E-state index in [-0.39, 0.29) is 0 Å². The number of nitrogens with zero attached hydrogens (tertiary/aromatic N) is 2. The van der Waals surface area contributed by atoms with Gasteiger partial charge in [-0.3, -0.25) is 0 Å². The fourth-order valence-corrected chi connectivity index (χ4v) is 2.35. The molecule has 106 valence electrons. The SMILES string of the molecule is Cn1c(CNc2ccc(Cl)cc2)cnc1-c1ccccc1. The van der Waals surface area contributed by atoms with E-state index in [1.165, 1.54) is 0 Å². The minimum atomic E-state index is 0.720. The van der Waals surface area contributed by atoms with Gasteiger partial charge in [0.1, 0.15) is 5.82 Å². The minimum absolute atomic E-state index is 0.720. The van der Waals surface area contributed by atoms with Crippen molar-refractivity contribution in [2.45, 2.75) is 6.54 Å². The van der Waals surface area contributed by atoms with Crippen LogP contribution in [0.1, 0.15) is 5.69 Å². The molecule has 3 rings (SSSR count). The topological polar surface area (TPSA) is 29.9 Å². The number of hydrogen-bond acceptors (Lipinski definition) is 2. The van der Waals surface area contributed by atoms with Crippen LogP contribution in [0.25, 0.3) is 11.4 Å². The van der Waals surface area contributed by atoms with Crippen molar-refractivity contribution < 1.29 is 0 Å². The predicted octanol–water partition coefficient (Wildman–Crippen LogP) is 4.35.